The van der Waals surface area contributed by atoms with Gasteiger partial charge in [0.15, 0.2) is 5.82 Å². The maximum atomic E-state index is 4.30. The molecule has 0 amide bonds. The Balaban J connectivity index is 2.23. The molecule has 0 aliphatic rings. The lowest BCUT2D eigenvalue weighted by molar-refractivity contribution is 0.692. The first-order chi connectivity index (χ1) is 8.15. The third-order valence-electron chi connectivity index (χ3n) is 2.40. The van der Waals surface area contributed by atoms with Crippen LogP contribution in [0.15, 0.2) is 6.07 Å². The largest absolute Gasteiger partial charge is 0.290 e. The first-order valence-corrected chi connectivity index (χ1v) is 5.11. The van der Waals surface area contributed by atoms with Gasteiger partial charge >= 0.3 is 0 Å². The molecule has 0 aliphatic heterocycles. The van der Waals surface area contributed by atoms with E-state index in [0.717, 1.165) is 11.4 Å². The van der Waals surface area contributed by atoms with E-state index in [1.54, 1.807) is 16.1 Å². The van der Waals surface area contributed by atoms with E-state index in [9.17, 15) is 0 Å². The average molecular weight is 230 g/mol. The van der Waals surface area contributed by atoms with Crippen LogP contribution in [0.1, 0.15) is 17.2 Å². The van der Waals surface area contributed by atoms with Crippen LogP contribution in [0, 0.1) is 20.8 Å². The van der Waals surface area contributed by atoms with Crippen LogP contribution in [-0.2, 0) is 0 Å². The summed E-state index contributed by atoms with van der Waals surface area (Å²) in [6.45, 7) is 5.66. The fourth-order valence-electron chi connectivity index (χ4n) is 1.64. The van der Waals surface area contributed by atoms with Gasteiger partial charge in [-0.3, -0.25) is 0 Å². The summed E-state index contributed by atoms with van der Waals surface area (Å²) >= 11 is 0. The Hall–Kier alpha value is -2.38. The van der Waals surface area contributed by atoms with Crippen molar-refractivity contribution in [1.82, 2.24) is 39.8 Å². The van der Waals surface area contributed by atoms with Crippen molar-refractivity contribution in [2.75, 3.05) is 0 Å². The number of rotatable bonds is 1. The van der Waals surface area contributed by atoms with Crippen LogP contribution in [0.2, 0.25) is 0 Å². The predicted octanol–water partition coefficient (Wildman–Crippen LogP) is 0.0253. The minimum absolute atomic E-state index is 0.382. The van der Waals surface area contributed by atoms with Crippen molar-refractivity contribution in [3.63, 3.8) is 0 Å². The Morgan fingerprint density at radius 1 is 0.941 bits per heavy atom. The normalized spacial score (nSPS) is 11.2. The van der Waals surface area contributed by atoms with Gasteiger partial charge in [-0.15, -0.1) is 25.5 Å². The maximum Gasteiger partial charge on any atom is 0.290 e. The van der Waals surface area contributed by atoms with Crippen LogP contribution >= 0.6 is 0 Å². The van der Waals surface area contributed by atoms with E-state index >= 15 is 0 Å². The lowest BCUT2D eigenvalue weighted by Gasteiger charge is -2.00. The average Bonchev–Trinajstić information content (AvgIpc) is 2.83. The number of hydrogen-bond acceptors (Lipinski definition) is 6. The zero-order valence-electron chi connectivity index (χ0n) is 9.66. The van der Waals surface area contributed by atoms with Gasteiger partial charge < -0.3 is 0 Å². The highest BCUT2D eigenvalue weighted by atomic mass is 15.5. The zero-order valence-corrected chi connectivity index (χ0v) is 9.66. The predicted molar refractivity (Wildman–Crippen MR) is 57.7 cm³/mol. The Bertz CT molecular complexity index is 694. The lowest BCUT2D eigenvalue weighted by atomic mass is 10.4. The molecule has 0 bridgehead atoms. The summed E-state index contributed by atoms with van der Waals surface area (Å²) in [5.41, 5.74) is 1.86. The standard InChI is InChI=1S/C9H10N8/c1-5-4-6(2)16(14-5)9-13-12-8-11-10-7(3)17(8)15-9/h4H,1-3H3. The minimum atomic E-state index is 0.382. The molecule has 17 heavy (non-hydrogen) atoms. The zero-order chi connectivity index (χ0) is 12.0. The molecule has 3 heterocycles. The number of nitrogens with zero attached hydrogens (tertiary/aromatic N) is 8. The third-order valence-corrected chi connectivity index (χ3v) is 2.40. The molecule has 3 aromatic rings. The topological polar surface area (TPSA) is 86.7 Å². The molecule has 0 aromatic carbocycles. The molecular weight excluding hydrogens is 220 g/mol. The van der Waals surface area contributed by atoms with Crippen molar-refractivity contribution in [2.45, 2.75) is 20.8 Å². The summed E-state index contributed by atoms with van der Waals surface area (Å²) in [5.74, 6) is 1.46. The Labute approximate surface area is 96.3 Å². The molecule has 8 nitrogen and oxygen atoms in total. The van der Waals surface area contributed by atoms with Gasteiger partial charge in [-0.25, -0.2) is 4.68 Å². The van der Waals surface area contributed by atoms with Crippen molar-refractivity contribution < 1.29 is 0 Å². The SMILES string of the molecule is Cc1cc(C)n(-c2nnc3nnc(C)n3n2)n1. The van der Waals surface area contributed by atoms with E-state index in [1.807, 2.05) is 19.9 Å². The van der Waals surface area contributed by atoms with E-state index in [4.69, 9.17) is 0 Å². The van der Waals surface area contributed by atoms with E-state index in [-0.39, 0.29) is 0 Å². The van der Waals surface area contributed by atoms with Gasteiger partial charge in [0, 0.05) is 5.69 Å². The summed E-state index contributed by atoms with van der Waals surface area (Å²) in [7, 11) is 0. The highest BCUT2D eigenvalue weighted by Gasteiger charge is 2.10. The number of aryl methyl sites for hydroxylation is 3. The van der Waals surface area contributed by atoms with Gasteiger partial charge in [-0.2, -0.15) is 9.61 Å². The second kappa shape index (κ2) is 3.30. The van der Waals surface area contributed by atoms with Crippen molar-refractivity contribution in [3.05, 3.63) is 23.3 Å². The number of hydrogen-bond donors (Lipinski definition) is 0. The fraction of sp³-hybridized carbons (Fsp3) is 0.333. The van der Waals surface area contributed by atoms with E-state index in [0.29, 0.717) is 17.6 Å². The monoisotopic (exact) mass is 230 g/mol. The van der Waals surface area contributed by atoms with Crippen LogP contribution in [0.5, 0.6) is 0 Å². The quantitative estimate of drug-likeness (QED) is 0.586. The summed E-state index contributed by atoms with van der Waals surface area (Å²) in [4.78, 5) is 0. The third kappa shape index (κ3) is 1.45. The molecular formula is C9H10N8. The number of aromatic nitrogens is 8. The molecule has 0 N–H and O–H groups in total. The summed E-state index contributed by atoms with van der Waals surface area (Å²) in [5, 5.41) is 24.2. The van der Waals surface area contributed by atoms with Gasteiger partial charge in [-0.05, 0) is 26.8 Å². The van der Waals surface area contributed by atoms with E-state index in [1.165, 1.54) is 0 Å². The molecule has 3 aromatic heterocycles. The highest BCUT2D eigenvalue weighted by molar-refractivity contribution is 5.24. The molecule has 0 saturated heterocycles. The highest BCUT2D eigenvalue weighted by Crippen LogP contribution is 2.06. The minimum Gasteiger partial charge on any atom is -0.200 e. The first-order valence-electron chi connectivity index (χ1n) is 5.11. The van der Waals surface area contributed by atoms with Gasteiger partial charge in [0.2, 0.25) is 0 Å². The van der Waals surface area contributed by atoms with Crippen LogP contribution in [0.4, 0.5) is 0 Å². The molecule has 86 valence electrons. The number of fused-ring (bicyclic) bond motifs is 1. The van der Waals surface area contributed by atoms with Crippen LogP contribution in [0.25, 0.3) is 11.7 Å². The summed E-state index contributed by atoms with van der Waals surface area (Å²) in [6, 6.07) is 1.95. The fourth-order valence-corrected chi connectivity index (χ4v) is 1.64. The van der Waals surface area contributed by atoms with Gasteiger partial charge in [0.1, 0.15) is 0 Å². The van der Waals surface area contributed by atoms with Gasteiger partial charge in [0.25, 0.3) is 11.7 Å². The molecule has 0 fully saturated rings. The summed E-state index contributed by atoms with van der Waals surface area (Å²) in [6.07, 6.45) is 0. The van der Waals surface area contributed by atoms with E-state index < -0.39 is 0 Å². The Morgan fingerprint density at radius 2 is 1.71 bits per heavy atom. The van der Waals surface area contributed by atoms with E-state index in [2.05, 4.69) is 30.6 Å². The molecule has 0 unspecified atom stereocenters. The molecule has 0 atom stereocenters. The van der Waals surface area contributed by atoms with Crippen molar-refractivity contribution >= 4 is 5.78 Å². The summed E-state index contributed by atoms with van der Waals surface area (Å²) < 4.78 is 3.18. The Morgan fingerprint density at radius 3 is 2.41 bits per heavy atom. The molecule has 0 radical (unpaired) electrons. The van der Waals surface area contributed by atoms with Crippen molar-refractivity contribution in [3.8, 4) is 5.95 Å². The van der Waals surface area contributed by atoms with Crippen LogP contribution < -0.4 is 0 Å². The second-order valence-electron chi connectivity index (χ2n) is 3.80. The van der Waals surface area contributed by atoms with Gasteiger partial charge in [-0.1, -0.05) is 0 Å². The molecule has 0 saturated carbocycles. The van der Waals surface area contributed by atoms with Crippen LogP contribution in [-0.4, -0.2) is 39.8 Å². The first kappa shape index (κ1) is 9.82. The second-order valence-corrected chi connectivity index (χ2v) is 3.80. The van der Waals surface area contributed by atoms with Crippen LogP contribution in [0.3, 0.4) is 0 Å². The Kier molecular flexibility index (Phi) is 1.91. The smallest absolute Gasteiger partial charge is 0.200 e. The molecule has 0 spiro atoms. The lowest BCUT2D eigenvalue weighted by Crippen LogP contribution is -2.10. The molecule has 0 aliphatic carbocycles. The molecule has 3 rings (SSSR count). The maximum absolute atomic E-state index is 4.30. The van der Waals surface area contributed by atoms with Crippen molar-refractivity contribution in [1.29, 1.82) is 0 Å². The molecule has 8 heteroatoms. The van der Waals surface area contributed by atoms with Crippen molar-refractivity contribution in [2.24, 2.45) is 0 Å². The van der Waals surface area contributed by atoms with Gasteiger partial charge in [0.05, 0.1) is 5.69 Å².